The zero-order chi connectivity index (χ0) is 37.0. The first-order valence-corrected chi connectivity index (χ1v) is 19.4. The van der Waals surface area contributed by atoms with Gasteiger partial charge in [-0.05, 0) is 57.3 Å². The molecular formula is C50H30N4OS. The second kappa shape index (κ2) is 13.2. The van der Waals surface area contributed by atoms with Crippen molar-refractivity contribution in [1.29, 1.82) is 0 Å². The molecule has 0 saturated heterocycles. The Morgan fingerprint density at radius 3 is 1.71 bits per heavy atom. The van der Waals surface area contributed by atoms with E-state index in [9.17, 15) is 0 Å². The van der Waals surface area contributed by atoms with Crippen molar-refractivity contribution in [3.05, 3.63) is 182 Å². The lowest BCUT2D eigenvalue weighted by Crippen LogP contribution is -2.01. The van der Waals surface area contributed by atoms with E-state index >= 15 is 0 Å². The van der Waals surface area contributed by atoms with Gasteiger partial charge in [0.05, 0.1) is 15.8 Å². The minimum atomic E-state index is 0.509. The summed E-state index contributed by atoms with van der Waals surface area (Å²) in [5.41, 5.74) is 10.5. The summed E-state index contributed by atoms with van der Waals surface area (Å²) in [7, 11) is 0. The molecule has 3 aromatic heterocycles. The highest BCUT2D eigenvalue weighted by atomic mass is 32.1. The van der Waals surface area contributed by atoms with Gasteiger partial charge in [-0.2, -0.15) is 0 Å². The Morgan fingerprint density at radius 1 is 0.393 bits per heavy atom. The van der Waals surface area contributed by atoms with Crippen molar-refractivity contribution in [2.24, 2.45) is 0 Å². The lowest BCUT2D eigenvalue weighted by atomic mass is 9.95. The van der Waals surface area contributed by atoms with Crippen LogP contribution in [0.2, 0.25) is 0 Å². The fourth-order valence-corrected chi connectivity index (χ4v) is 8.66. The summed E-state index contributed by atoms with van der Waals surface area (Å²) in [4.78, 5) is 21.0. The van der Waals surface area contributed by atoms with E-state index in [1.54, 1.807) is 11.3 Å². The molecule has 0 saturated carbocycles. The van der Waals surface area contributed by atoms with E-state index in [1.807, 2.05) is 60.7 Å². The summed E-state index contributed by atoms with van der Waals surface area (Å²) in [6.07, 6.45) is 0. The molecule has 0 bridgehead atoms. The number of para-hydroxylation sites is 1. The van der Waals surface area contributed by atoms with Crippen LogP contribution in [0.1, 0.15) is 0 Å². The molecule has 0 atom stereocenters. The lowest BCUT2D eigenvalue weighted by molar-refractivity contribution is 0.670. The van der Waals surface area contributed by atoms with E-state index in [-0.39, 0.29) is 0 Å². The maximum atomic E-state index is 6.72. The molecule has 0 spiro atoms. The van der Waals surface area contributed by atoms with E-state index in [0.717, 1.165) is 75.9 Å². The van der Waals surface area contributed by atoms with Crippen LogP contribution in [0.15, 0.2) is 186 Å². The van der Waals surface area contributed by atoms with Crippen LogP contribution in [0.4, 0.5) is 0 Å². The number of hydrogen-bond acceptors (Lipinski definition) is 6. The number of fused-ring (bicyclic) bond motifs is 5. The Morgan fingerprint density at radius 2 is 0.964 bits per heavy atom. The molecule has 262 valence electrons. The van der Waals surface area contributed by atoms with E-state index in [4.69, 9.17) is 24.4 Å². The largest absolute Gasteiger partial charge is 0.455 e. The lowest BCUT2D eigenvalue weighted by Gasteiger charge is -2.12. The van der Waals surface area contributed by atoms with Gasteiger partial charge in [-0.3, -0.25) is 0 Å². The monoisotopic (exact) mass is 734 g/mol. The van der Waals surface area contributed by atoms with Crippen LogP contribution in [-0.2, 0) is 0 Å². The number of thiazole rings is 1. The van der Waals surface area contributed by atoms with Gasteiger partial charge in [-0.15, -0.1) is 11.3 Å². The highest BCUT2D eigenvalue weighted by Gasteiger charge is 2.24. The first-order chi connectivity index (χ1) is 27.7. The van der Waals surface area contributed by atoms with Gasteiger partial charge in [0.1, 0.15) is 16.2 Å². The number of rotatable bonds is 6. The summed E-state index contributed by atoms with van der Waals surface area (Å²) in [5, 5.41) is 5.22. The fraction of sp³-hybridized carbons (Fsp3) is 0. The third-order valence-corrected chi connectivity index (χ3v) is 11.4. The Labute approximate surface area is 326 Å². The highest BCUT2D eigenvalue weighted by molar-refractivity contribution is 7.21. The van der Waals surface area contributed by atoms with Crippen LogP contribution in [0, 0.1) is 0 Å². The Balaban J connectivity index is 1.17. The molecule has 6 heteroatoms. The summed E-state index contributed by atoms with van der Waals surface area (Å²) < 4.78 is 7.74. The molecule has 3 heterocycles. The van der Waals surface area contributed by atoms with Crippen molar-refractivity contribution in [1.82, 2.24) is 19.9 Å². The smallest absolute Gasteiger partial charge is 0.170 e. The molecular weight excluding hydrogens is 705 g/mol. The van der Waals surface area contributed by atoms with Crippen molar-refractivity contribution >= 4 is 54.3 Å². The van der Waals surface area contributed by atoms with E-state index in [0.29, 0.717) is 23.1 Å². The van der Waals surface area contributed by atoms with Gasteiger partial charge in [-0.1, -0.05) is 158 Å². The molecule has 56 heavy (non-hydrogen) atoms. The molecule has 0 fully saturated rings. The van der Waals surface area contributed by atoms with E-state index < -0.39 is 0 Å². The van der Waals surface area contributed by atoms with Crippen LogP contribution >= 0.6 is 11.3 Å². The minimum Gasteiger partial charge on any atom is -0.455 e. The standard InChI is InChI=1S/C50H30N4OS/c1-4-14-31(15-5-1)32-24-26-35(27-25-32)50-51-45-43(56-50)30-41-39-22-12-13-23-42(39)55-46(41)44(45)49-53-47(34-18-8-3-9-19-34)52-48(54-49)37-28-36-20-10-11-21-38(36)40(29-37)33-16-6-2-7-17-33/h1-30H. The van der Waals surface area contributed by atoms with Crippen LogP contribution in [0.5, 0.6) is 0 Å². The molecule has 0 unspecified atom stereocenters. The number of hydrogen-bond donors (Lipinski definition) is 0. The molecule has 11 rings (SSSR count). The van der Waals surface area contributed by atoms with Crippen LogP contribution in [0.3, 0.4) is 0 Å². The molecule has 0 aliphatic heterocycles. The normalized spacial score (nSPS) is 11.6. The maximum absolute atomic E-state index is 6.72. The van der Waals surface area contributed by atoms with Gasteiger partial charge in [-0.25, -0.2) is 19.9 Å². The van der Waals surface area contributed by atoms with Crippen LogP contribution in [-0.4, -0.2) is 19.9 Å². The number of furan rings is 1. The first kappa shape index (κ1) is 32.2. The van der Waals surface area contributed by atoms with Gasteiger partial charge < -0.3 is 4.42 Å². The zero-order valence-corrected chi connectivity index (χ0v) is 30.7. The third-order valence-electron chi connectivity index (χ3n) is 10.4. The quantitative estimate of drug-likeness (QED) is 0.170. The number of aromatic nitrogens is 4. The summed E-state index contributed by atoms with van der Waals surface area (Å²) in [6, 6.07) is 62.9. The minimum absolute atomic E-state index is 0.509. The van der Waals surface area contributed by atoms with Gasteiger partial charge in [0, 0.05) is 27.5 Å². The molecule has 0 aliphatic carbocycles. The Hall–Kier alpha value is -7.28. The highest BCUT2D eigenvalue weighted by Crippen LogP contribution is 2.44. The molecule has 11 aromatic rings. The van der Waals surface area contributed by atoms with E-state index in [1.165, 1.54) is 10.9 Å². The second-order valence-electron chi connectivity index (χ2n) is 13.8. The molecule has 0 N–H and O–H groups in total. The van der Waals surface area contributed by atoms with Gasteiger partial charge >= 0.3 is 0 Å². The second-order valence-corrected chi connectivity index (χ2v) is 14.8. The fourth-order valence-electron chi connectivity index (χ4n) is 7.64. The molecule has 8 aromatic carbocycles. The van der Waals surface area contributed by atoms with Gasteiger partial charge in [0.25, 0.3) is 0 Å². The van der Waals surface area contributed by atoms with Crippen molar-refractivity contribution in [3.8, 4) is 67.0 Å². The first-order valence-electron chi connectivity index (χ1n) is 18.5. The summed E-state index contributed by atoms with van der Waals surface area (Å²) >= 11 is 1.67. The van der Waals surface area contributed by atoms with Crippen molar-refractivity contribution in [2.75, 3.05) is 0 Å². The van der Waals surface area contributed by atoms with Crippen molar-refractivity contribution in [2.45, 2.75) is 0 Å². The van der Waals surface area contributed by atoms with Crippen LogP contribution in [0.25, 0.3) is 110 Å². The Kier molecular flexibility index (Phi) is 7.60. The molecule has 0 radical (unpaired) electrons. The van der Waals surface area contributed by atoms with Gasteiger partial charge in [0.15, 0.2) is 17.5 Å². The SMILES string of the molecule is c1ccc(-c2ccc(-c3nc4c(-c5nc(-c6ccccc6)nc(-c6cc(-c7ccccc7)c7ccccc7c6)n5)c5oc6ccccc6c5cc4s3)cc2)cc1. The zero-order valence-electron chi connectivity index (χ0n) is 29.9. The predicted octanol–water partition coefficient (Wildman–Crippen LogP) is 13.5. The van der Waals surface area contributed by atoms with E-state index in [2.05, 4.69) is 121 Å². The average Bonchev–Trinajstić information content (AvgIpc) is 3.87. The summed E-state index contributed by atoms with van der Waals surface area (Å²) in [5.74, 6) is 1.66. The molecule has 5 nitrogen and oxygen atoms in total. The predicted molar refractivity (Wildman–Crippen MR) is 230 cm³/mol. The summed E-state index contributed by atoms with van der Waals surface area (Å²) in [6.45, 7) is 0. The van der Waals surface area contributed by atoms with Crippen molar-refractivity contribution < 1.29 is 4.42 Å². The number of benzene rings is 8. The molecule has 0 amide bonds. The topological polar surface area (TPSA) is 64.7 Å². The average molecular weight is 735 g/mol. The number of nitrogens with zero attached hydrogens (tertiary/aromatic N) is 4. The Bertz CT molecular complexity index is 3230. The van der Waals surface area contributed by atoms with Gasteiger partial charge in [0.2, 0.25) is 0 Å². The third kappa shape index (κ3) is 5.54. The maximum Gasteiger partial charge on any atom is 0.170 e. The molecule has 0 aliphatic rings. The van der Waals surface area contributed by atoms with Crippen LogP contribution < -0.4 is 0 Å². The van der Waals surface area contributed by atoms with Crippen molar-refractivity contribution in [3.63, 3.8) is 0 Å².